The number of hydrogen-bond donors (Lipinski definition) is 1. The first-order valence-electron chi connectivity index (χ1n) is 8.34. The molecule has 1 aliphatic heterocycles. The molecule has 1 N–H and O–H groups in total. The molecule has 1 aliphatic rings. The lowest BCUT2D eigenvalue weighted by Gasteiger charge is -2.05. The zero-order valence-corrected chi connectivity index (χ0v) is 14.6. The van der Waals surface area contributed by atoms with Gasteiger partial charge in [-0.3, -0.25) is 4.79 Å². The minimum Gasteiger partial charge on any atom is -0.454 e. The zero-order chi connectivity index (χ0) is 18.6. The number of nitrogens with zero attached hydrogens (tertiary/aromatic N) is 2. The lowest BCUT2D eigenvalue weighted by molar-refractivity contribution is -0.121. The fourth-order valence-corrected chi connectivity index (χ4v) is 2.61. The van der Waals surface area contributed by atoms with Gasteiger partial charge < -0.3 is 24.1 Å². The molecule has 8 heteroatoms. The van der Waals surface area contributed by atoms with E-state index in [1.54, 1.807) is 12.1 Å². The van der Waals surface area contributed by atoms with Crippen molar-refractivity contribution in [2.45, 2.75) is 13.5 Å². The van der Waals surface area contributed by atoms with E-state index in [0.29, 0.717) is 28.8 Å². The van der Waals surface area contributed by atoms with Gasteiger partial charge >= 0.3 is 0 Å². The maximum absolute atomic E-state index is 11.9. The van der Waals surface area contributed by atoms with Gasteiger partial charge in [0.15, 0.2) is 17.3 Å². The van der Waals surface area contributed by atoms with Crippen LogP contribution < -0.4 is 14.8 Å². The van der Waals surface area contributed by atoms with Gasteiger partial charge in [-0.2, -0.15) is 0 Å². The van der Waals surface area contributed by atoms with E-state index in [4.69, 9.17) is 18.7 Å². The van der Waals surface area contributed by atoms with Crippen molar-refractivity contribution >= 4 is 11.7 Å². The molecule has 0 unspecified atom stereocenters. The van der Waals surface area contributed by atoms with E-state index in [9.17, 15) is 4.79 Å². The Hall–Kier alpha value is -3.39. The Balaban J connectivity index is 1.30. The normalized spacial score (nSPS) is 12.2. The Bertz CT molecular complexity index is 969. The molecule has 8 nitrogen and oxygen atoms in total. The molecule has 0 aliphatic carbocycles. The van der Waals surface area contributed by atoms with E-state index in [1.807, 2.05) is 37.3 Å². The van der Waals surface area contributed by atoms with Gasteiger partial charge in [-0.15, -0.1) is 0 Å². The summed E-state index contributed by atoms with van der Waals surface area (Å²) in [5.74, 6) is 2.17. The number of rotatable bonds is 6. The third kappa shape index (κ3) is 4.06. The van der Waals surface area contributed by atoms with Crippen molar-refractivity contribution in [3.63, 3.8) is 0 Å². The van der Waals surface area contributed by atoms with Gasteiger partial charge in [0.25, 0.3) is 5.91 Å². The number of aryl methyl sites for hydroxylation is 1. The van der Waals surface area contributed by atoms with Crippen LogP contribution in [-0.4, -0.2) is 29.4 Å². The first kappa shape index (κ1) is 17.0. The molecule has 3 aromatic rings. The van der Waals surface area contributed by atoms with Crippen LogP contribution in [0.1, 0.15) is 11.4 Å². The second-order valence-electron chi connectivity index (χ2n) is 5.96. The number of anilines is 1. The number of benzene rings is 1. The Labute approximate surface area is 155 Å². The number of carbonyl (C=O) groups excluding carboxylic acids is 1. The molecule has 1 amide bonds. The van der Waals surface area contributed by atoms with Crippen molar-refractivity contribution in [2.24, 2.45) is 0 Å². The first-order valence-corrected chi connectivity index (χ1v) is 8.34. The minimum absolute atomic E-state index is 0.109. The van der Waals surface area contributed by atoms with Gasteiger partial charge in [-0.25, -0.2) is 4.98 Å². The zero-order valence-electron chi connectivity index (χ0n) is 14.6. The SMILES string of the molecule is Cc1cccc(NC(=O)COCc2cc(-c3ccc4c(c3)OCO4)on2)n1. The Morgan fingerprint density at radius 2 is 2.07 bits per heavy atom. The number of hydrogen-bond acceptors (Lipinski definition) is 7. The predicted octanol–water partition coefficient (Wildman–Crippen LogP) is 2.93. The molecule has 0 fully saturated rings. The Morgan fingerprint density at radius 3 is 2.96 bits per heavy atom. The molecule has 0 radical (unpaired) electrons. The van der Waals surface area contributed by atoms with Crippen LogP contribution in [0.15, 0.2) is 47.0 Å². The highest BCUT2D eigenvalue weighted by Crippen LogP contribution is 2.36. The lowest BCUT2D eigenvalue weighted by atomic mass is 10.1. The summed E-state index contributed by atoms with van der Waals surface area (Å²) in [7, 11) is 0. The number of ether oxygens (including phenoxy) is 3. The van der Waals surface area contributed by atoms with Crippen LogP contribution in [0, 0.1) is 6.92 Å². The minimum atomic E-state index is -0.285. The van der Waals surface area contributed by atoms with Crippen LogP contribution in [0.4, 0.5) is 5.82 Å². The Kier molecular flexibility index (Phi) is 4.71. The summed E-state index contributed by atoms with van der Waals surface area (Å²) < 4.78 is 21.4. The number of amides is 1. The van der Waals surface area contributed by atoms with Crippen LogP contribution in [0.5, 0.6) is 11.5 Å². The maximum Gasteiger partial charge on any atom is 0.251 e. The highest BCUT2D eigenvalue weighted by Gasteiger charge is 2.16. The third-order valence-electron chi connectivity index (χ3n) is 3.85. The third-order valence-corrected chi connectivity index (χ3v) is 3.85. The van der Waals surface area contributed by atoms with Crippen molar-refractivity contribution in [3.05, 3.63) is 53.9 Å². The van der Waals surface area contributed by atoms with E-state index >= 15 is 0 Å². The highest BCUT2D eigenvalue weighted by atomic mass is 16.7. The maximum atomic E-state index is 11.9. The van der Waals surface area contributed by atoms with Crippen LogP contribution >= 0.6 is 0 Å². The molecule has 27 heavy (non-hydrogen) atoms. The molecular formula is C19H17N3O5. The molecule has 4 rings (SSSR count). The molecule has 0 atom stereocenters. The molecule has 2 aromatic heterocycles. The molecule has 0 spiro atoms. The van der Waals surface area contributed by atoms with Crippen molar-refractivity contribution in [2.75, 3.05) is 18.7 Å². The standard InChI is InChI=1S/C19H17N3O5/c1-12-3-2-4-18(20-12)21-19(23)10-24-9-14-8-16(27-22-14)13-5-6-15-17(7-13)26-11-25-15/h2-8H,9-11H2,1H3,(H,20,21,23). The lowest BCUT2D eigenvalue weighted by Crippen LogP contribution is -2.19. The average molecular weight is 367 g/mol. The molecule has 0 bridgehead atoms. The van der Waals surface area contributed by atoms with Crippen LogP contribution in [0.25, 0.3) is 11.3 Å². The van der Waals surface area contributed by atoms with Gasteiger partial charge in [-0.05, 0) is 37.3 Å². The molecule has 0 saturated carbocycles. The van der Waals surface area contributed by atoms with Crippen molar-refractivity contribution < 1.29 is 23.5 Å². The van der Waals surface area contributed by atoms with Crippen molar-refractivity contribution in [3.8, 4) is 22.8 Å². The van der Waals surface area contributed by atoms with E-state index in [2.05, 4.69) is 15.5 Å². The van der Waals surface area contributed by atoms with Gasteiger partial charge in [0.2, 0.25) is 6.79 Å². The largest absolute Gasteiger partial charge is 0.454 e. The summed E-state index contributed by atoms with van der Waals surface area (Å²) in [6.07, 6.45) is 0. The number of aromatic nitrogens is 2. The van der Waals surface area contributed by atoms with Gasteiger partial charge in [-0.1, -0.05) is 11.2 Å². The van der Waals surface area contributed by atoms with E-state index < -0.39 is 0 Å². The molecule has 3 heterocycles. The summed E-state index contributed by atoms with van der Waals surface area (Å²) in [4.78, 5) is 16.1. The molecular weight excluding hydrogens is 350 g/mol. The van der Waals surface area contributed by atoms with Crippen LogP contribution in [0.3, 0.4) is 0 Å². The van der Waals surface area contributed by atoms with Crippen molar-refractivity contribution in [1.82, 2.24) is 10.1 Å². The number of pyridine rings is 1. The highest BCUT2D eigenvalue weighted by molar-refractivity contribution is 5.90. The van der Waals surface area contributed by atoms with Crippen LogP contribution in [-0.2, 0) is 16.1 Å². The summed E-state index contributed by atoms with van der Waals surface area (Å²) in [5, 5.41) is 6.64. The second-order valence-corrected chi connectivity index (χ2v) is 5.96. The van der Waals surface area contributed by atoms with Gasteiger partial charge in [0.05, 0.1) is 6.61 Å². The van der Waals surface area contributed by atoms with E-state index in [1.165, 1.54) is 0 Å². The average Bonchev–Trinajstić information content (AvgIpc) is 3.30. The quantitative estimate of drug-likeness (QED) is 0.715. The van der Waals surface area contributed by atoms with Gasteiger partial charge in [0, 0.05) is 17.3 Å². The predicted molar refractivity (Wildman–Crippen MR) is 95.3 cm³/mol. The summed E-state index contributed by atoms with van der Waals surface area (Å²) in [5.41, 5.74) is 2.23. The van der Waals surface area contributed by atoms with Gasteiger partial charge in [0.1, 0.15) is 18.1 Å². The Morgan fingerprint density at radius 1 is 1.19 bits per heavy atom. The topological polar surface area (TPSA) is 95.7 Å². The molecule has 1 aromatic carbocycles. The van der Waals surface area contributed by atoms with E-state index in [0.717, 1.165) is 11.3 Å². The fraction of sp³-hybridized carbons (Fsp3) is 0.211. The first-order chi connectivity index (χ1) is 13.2. The number of fused-ring (bicyclic) bond motifs is 1. The fourth-order valence-electron chi connectivity index (χ4n) is 2.61. The molecule has 0 saturated heterocycles. The van der Waals surface area contributed by atoms with Crippen molar-refractivity contribution in [1.29, 1.82) is 0 Å². The number of nitrogens with one attached hydrogen (secondary N) is 1. The molecule has 138 valence electrons. The smallest absolute Gasteiger partial charge is 0.251 e. The summed E-state index contributed by atoms with van der Waals surface area (Å²) >= 11 is 0. The van der Waals surface area contributed by atoms with Crippen LogP contribution in [0.2, 0.25) is 0 Å². The number of carbonyl (C=O) groups is 1. The second kappa shape index (κ2) is 7.46. The summed E-state index contributed by atoms with van der Waals surface area (Å²) in [6, 6.07) is 12.7. The monoisotopic (exact) mass is 367 g/mol. The van der Waals surface area contributed by atoms with E-state index in [-0.39, 0.29) is 25.9 Å². The summed E-state index contributed by atoms with van der Waals surface area (Å²) in [6.45, 7) is 2.12.